The van der Waals surface area contributed by atoms with Gasteiger partial charge in [0.05, 0.1) is 23.6 Å². The molecule has 2 amide bonds. The SMILES string of the molecule is CC(C)Oc1ccccc1NC(=O)CCCCC(=O)Nc1ccccc1OC(C)C. The molecule has 2 N–H and O–H groups in total. The molecule has 0 fully saturated rings. The van der Waals surface area contributed by atoms with Crippen LogP contribution in [0.4, 0.5) is 11.4 Å². The predicted molar refractivity (Wildman–Crippen MR) is 120 cm³/mol. The third kappa shape index (κ3) is 8.15. The van der Waals surface area contributed by atoms with Gasteiger partial charge in [0.1, 0.15) is 11.5 Å². The van der Waals surface area contributed by atoms with Crippen LogP contribution < -0.4 is 20.1 Å². The molecule has 2 aromatic rings. The van der Waals surface area contributed by atoms with Crippen molar-refractivity contribution in [2.75, 3.05) is 10.6 Å². The summed E-state index contributed by atoms with van der Waals surface area (Å²) < 4.78 is 11.4. The minimum absolute atomic E-state index is 0.0256. The van der Waals surface area contributed by atoms with Gasteiger partial charge in [-0.05, 0) is 64.8 Å². The van der Waals surface area contributed by atoms with E-state index in [2.05, 4.69) is 10.6 Å². The van der Waals surface area contributed by atoms with Crippen LogP contribution in [0.15, 0.2) is 48.5 Å². The molecule has 0 unspecified atom stereocenters. The zero-order valence-electron chi connectivity index (χ0n) is 18.2. The molecule has 0 saturated carbocycles. The van der Waals surface area contributed by atoms with E-state index in [1.54, 1.807) is 0 Å². The highest BCUT2D eigenvalue weighted by molar-refractivity contribution is 5.93. The van der Waals surface area contributed by atoms with Gasteiger partial charge in [-0.15, -0.1) is 0 Å². The first-order valence-corrected chi connectivity index (χ1v) is 10.5. The Morgan fingerprint density at radius 2 is 1.07 bits per heavy atom. The van der Waals surface area contributed by atoms with Crippen molar-refractivity contribution in [1.82, 2.24) is 0 Å². The van der Waals surface area contributed by atoms with Crippen molar-refractivity contribution in [3.8, 4) is 11.5 Å². The summed E-state index contributed by atoms with van der Waals surface area (Å²) in [6.07, 6.45) is 1.98. The topological polar surface area (TPSA) is 76.7 Å². The highest BCUT2D eigenvalue weighted by Crippen LogP contribution is 2.26. The van der Waals surface area contributed by atoms with Gasteiger partial charge in [-0.25, -0.2) is 0 Å². The number of benzene rings is 2. The Balaban J connectivity index is 1.75. The molecule has 0 radical (unpaired) electrons. The second-order valence-corrected chi connectivity index (χ2v) is 7.63. The van der Waals surface area contributed by atoms with E-state index in [9.17, 15) is 9.59 Å². The summed E-state index contributed by atoms with van der Waals surface area (Å²) in [6.45, 7) is 7.77. The summed E-state index contributed by atoms with van der Waals surface area (Å²) in [5, 5.41) is 5.78. The van der Waals surface area contributed by atoms with Crippen molar-refractivity contribution < 1.29 is 19.1 Å². The van der Waals surface area contributed by atoms with Gasteiger partial charge in [-0.1, -0.05) is 24.3 Å². The van der Waals surface area contributed by atoms with E-state index in [0.717, 1.165) is 0 Å². The first-order valence-electron chi connectivity index (χ1n) is 10.5. The Bertz CT molecular complexity index is 764. The fraction of sp³-hybridized carbons (Fsp3) is 0.417. The molecule has 2 aromatic carbocycles. The van der Waals surface area contributed by atoms with Crippen LogP contribution in [0, 0.1) is 0 Å². The van der Waals surface area contributed by atoms with Crippen LogP contribution in [0.5, 0.6) is 11.5 Å². The number of unbranched alkanes of at least 4 members (excludes halogenated alkanes) is 1. The number of carbonyl (C=O) groups is 2. The fourth-order valence-corrected chi connectivity index (χ4v) is 2.85. The quantitative estimate of drug-likeness (QED) is 0.485. The van der Waals surface area contributed by atoms with E-state index >= 15 is 0 Å². The van der Waals surface area contributed by atoms with Crippen LogP contribution in [0.3, 0.4) is 0 Å². The first-order chi connectivity index (χ1) is 14.3. The normalized spacial score (nSPS) is 10.7. The lowest BCUT2D eigenvalue weighted by atomic mass is 10.1. The van der Waals surface area contributed by atoms with Gasteiger partial charge in [0, 0.05) is 12.8 Å². The summed E-state index contributed by atoms with van der Waals surface area (Å²) in [4.78, 5) is 24.5. The van der Waals surface area contributed by atoms with Gasteiger partial charge in [-0.2, -0.15) is 0 Å². The zero-order chi connectivity index (χ0) is 21.9. The number of ether oxygens (including phenoxy) is 2. The van der Waals surface area contributed by atoms with Crippen LogP contribution in [0.2, 0.25) is 0 Å². The smallest absolute Gasteiger partial charge is 0.224 e. The minimum Gasteiger partial charge on any atom is -0.489 e. The summed E-state index contributed by atoms with van der Waals surface area (Å²) in [5.41, 5.74) is 1.33. The number of anilines is 2. The van der Waals surface area contributed by atoms with Gasteiger partial charge in [0.15, 0.2) is 0 Å². The summed E-state index contributed by atoms with van der Waals surface area (Å²) in [7, 11) is 0. The molecule has 6 heteroatoms. The summed E-state index contributed by atoms with van der Waals surface area (Å²) in [5.74, 6) is 1.13. The van der Waals surface area contributed by atoms with E-state index < -0.39 is 0 Å². The summed E-state index contributed by atoms with van der Waals surface area (Å²) >= 11 is 0. The third-order valence-corrected chi connectivity index (χ3v) is 4.11. The van der Waals surface area contributed by atoms with Crippen molar-refractivity contribution in [3.05, 3.63) is 48.5 Å². The van der Waals surface area contributed by atoms with E-state index in [1.807, 2.05) is 76.2 Å². The number of carbonyl (C=O) groups excluding carboxylic acids is 2. The monoisotopic (exact) mass is 412 g/mol. The standard InChI is InChI=1S/C24H32N2O4/c1-17(2)29-21-13-7-5-11-19(21)25-23(27)15-9-10-16-24(28)26-20-12-6-8-14-22(20)30-18(3)4/h5-8,11-14,17-18H,9-10,15-16H2,1-4H3,(H,25,27)(H,26,28). The van der Waals surface area contributed by atoms with Gasteiger partial charge in [0.2, 0.25) is 11.8 Å². The van der Waals surface area contributed by atoms with Gasteiger partial charge in [0.25, 0.3) is 0 Å². The lowest BCUT2D eigenvalue weighted by Gasteiger charge is -2.15. The molecule has 6 nitrogen and oxygen atoms in total. The maximum Gasteiger partial charge on any atom is 0.224 e. The average molecular weight is 413 g/mol. The van der Waals surface area contributed by atoms with Crippen LogP contribution in [-0.2, 0) is 9.59 Å². The molecule has 0 aliphatic heterocycles. The van der Waals surface area contributed by atoms with E-state index in [0.29, 0.717) is 48.6 Å². The van der Waals surface area contributed by atoms with E-state index in [1.165, 1.54) is 0 Å². The summed E-state index contributed by atoms with van der Waals surface area (Å²) in [6, 6.07) is 14.8. The number of hydrogen-bond acceptors (Lipinski definition) is 4. The van der Waals surface area contributed by atoms with Gasteiger partial charge >= 0.3 is 0 Å². The van der Waals surface area contributed by atoms with E-state index in [4.69, 9.17) is 9.47 Å². The number of para-hydroxylation sites is 4. The van der Waals surface area contributed by atoms with Gasteiger partial charge in [-0.3, -0.25) is 9.59 Å². The van der Waals surface area contributed by atoms with Crippen LogP contribution in [-0.4, -0.2) is 24.0 Å². The fourth-order valence-electron chi connectivity index (χ4n) is 2.85. The molecule has 0 aliphatic rings. The lowest BCUT2D eigenvalue weighted by molar-refractivity contribution is -0.118. The predicted octanol–water partition coefficient (Wildman–Crippen LogP) is 5.40. The highest BCUT2D eigenvalue weighted by Gasteiger charge is 2.11. The number of rotatable bonds is 11. The Morgan fingerprint density at radius 3 is 1.43 bits per heavy atom. The molecule has 0 saturated heterocycles. The van der Waals surface area contributed by atoms with E-state index in [-0.39, 0.29) is 24.0 Å². The number of hydrogen-bond donors (Lipinski definition) is 2. The molecule has 2 rings (SSSR count). The van der Waals surface area contributed by atoms with Crippen LogP contribution in [0.25, 0.3) is 0 Å². The largest absolute Gasteiger partial charge is 0.489 e. The Kier molecular flexibility index (Phi) is 9.19. The molecule has 0 spiro atoms. The van der Waals surface area contributed by atoms with Crippen molar-refractivity contribution in [2.24, 2.45) is 0 Å². The molecule has 0 aliphatic carbocycles. The molecule has 0 atom stereocenters. The highest BCUT2D eigenvalue weighted by atomic mass is 16.5. The lowest BCUT2D eigenvalue weighted by Crippen LogP contribution is -2.15. The Morgan fingerprint density at radius 1 is 0.700 bits per heavy atom. The van der Waals surface area contributed by atoms with Crippen molar-refractivity contribution in [2.45, 2.75) is 65.6 Å². The zero-order valence-corrected chi connectivity index (χ0v) is 18.2. The number of amides is 2. The molecule has 0 bridgehead atoms. The number of nitrogens with one attached hydrogen (secondary N) is 2. The maximum atomic E-state index is 12.2. The second-order valence-electron chi connectivity index (χ2n) is 7.63. The van der Waals surface area contributed by atoms with Gasteiger partial charge < -0.3 is 20.1 Å². The Labute approximate surface area is 179 Å². The maximum absolute atomic E-state index is 12.2. The molecule has 30 heavy (non-hydrogen) atoms. The molecule has 0 heterocycles. The van der Waals surface area contributed by atoms with Crippen LogP contribution in [0.1, 0.15) is 53.4 Å². The van der Waals surface area contributed by atoms with Crippen molar-refractivity contribution in [3.63, 3.8) is 0 Å². The van der Waals surface area contributed by atoms with Crippen LogP contribution >= 0.6 is 0 Å². The minimum atomic E-state index is -0.0918. The molecule has 162 valence electrons. The molecular weight excluding hydrogens is 380 g/mol. The van der Waals surface area contributed by atoms with Crippen molar-refractivity contribution in [1.29, 1.82) is 0 Å². The average Bonchev–Trinajstić information content (AvgIpc) is 2.67. The molecule has 0 aromatic heterocycles. The first kappa shape index (κ1) is 23.3. The molecular formula is C24H32N2O4. The van der Waals surface area contributed by atoms with Crippen molar-refractivity contribution >= 4 is 23.2 Å². The third-order valence-electron chi connectivity index (χ3n) is 4.11. The second kappa shape index (κ2) is 11.9. The Hall–Kier alpha value is -3.02.